The van der Waals surface area contributed by atoms with Crippen molar-refractivity contribution in [2.24, 2.45) is 0 Å². The predicted octanol–water partition coefficient (Wildman–Crippen LogP) is 0.522. The van der Waals surface area contributed by atoms with E-state index in [0.717, 1.165) is 11.9 Å². The lowest BCUT2D eigenvalue weighted by Crippen LogP contribution is -2.27. The zero-order valence-electron chi connectivity index (χ0n) is 6.72. The minimum absolute atomic E-state index is 0.759. The Labute approximate surface area is 58.8 Å². The van der Waals surface area contributed by atoms with Crippen molar-refractivity contribution >= 4 is 7.85 Å². The van der Waals surface area contributed by atoms with Crippen LogP contribution in [0.3, 0.4) is 0 Å². The van der Waals surface area contributed by atoms with Gasteiger partial charge in [-0.25, -0.2) is 0 Å². The van der Waals surface area contributed by atoms with Gasteiger partial charge in [-0.3, -0.25) is 0 Å². The Hall–Kier alpha value is 0.0249. The summed E-state index contributed by atoms with van der Waals surface area (Å²) in [5.41, 5.74) is 0. The maximum atomic E-state index is 2.55. The van der Waals surface area contributed by atoms with Crippen LogP contribution in [0.5, 0.6) is 0 Å². The zero-order valence-corrected chi connectivity index (χ0v) is 6.72. The molecule has 1 heterocycles. The van der Waals surface area contributed by atoms with Gasteiger partial charge < -0.3 is 4.90 Å². The molecule has 1 aliphatic rings. The van der Waals surface area contributed by atoms with E-state index in [0.29, 0.717) is 0 Å². The number of nitrogens with zero attached hydrogens (tertiary/aromatic N) is 1. The molecule has 0 bridgehead atoms. The van der Waals surface area contributed by atoms with Gasteiger partial charge in [-0.15, -0.1) is 0 Å². The summed E-state index contributed by atoms with van der Waals surface area (Å²) in [5.74, 6) is 0.937. The summed E-state index contributed by atoms with van der Waals surface area (Å²) in [4.78, 5) is 2.55. The molecule has 1 atom stereocenters. The average molecular weight is 125 g/mol. The topological polar surface area (TPSA) is 3.24 Å². The third-order valence-corrected chi connectivity index (χ3v) is 2.19. The summed E-state index contributed by atoms with van der Waals surface area (Å²) in [6.07, 6.45) is 1.40. The second-order valence-corrected chi connectivity index (χ2v) is 3.48. The Balaban J connectivity index is 2.30. The second kappa shape index (κ2) is 2.74. The van der Waals surface area contributed by atoms with Gasteiger partial charge in [0.1, 0.15) is 7.85 Å². The minimum Gasteiger partial charge on any atom is -0.301 e. The number of likely N-dealkylation sites (tertiary alicyclic amines) is 1. The van der Waals surface area contributed by atoms with E-state index in [4.69, 9.17) is 0 Å². The van der Waals surface area contributed by atoms with Crippen molar-refractivity contribution in [1.82, 2.24) is 4.90 Å². The molecule has 0 aromatic carbocycles. The molecule has 0 amide bonds. The van der Waals surface area contributed by atoms with E-state index in [-0.39, 0.29) is 0 Å². The number of rotatable bonds is 1. The molecule has 0 radical (unpaired) electrons. The summed E-state index contributed by atoms with van der Waals surface area (Å²) in [6, 6.07) is 0.759. The van der Waals surface area contributed by atoms with Crippen LogP contribution < -0.4 is 0 Å². The minimum atomic E-state index is 0.759. The molecule has 2 heteroatoms. The van der Waals surface area contributed by atoms with Gasteiger partial charge in [-0.2, -0.15) is 0 Å². The van der Waals surface area contributed by atoms with Gasteiger partial charge in [0.25, 0.3) is 0 Å². The van der Waals surface area contributed by atoms with Gasteiger partial charge in [0.2, 0.25) is 0 Å². The van der Waals surface area contributed by atoms with Crippen molar-refractivity contribution < 1.29 is 0 Å². The number of hydrogen-bond acceptors (Lipinski definition) is 1. The van der Waals surface area contributed by atoms with Crippen molar-refractivity contribution in [3.8, 4) is 0 Å². The van der Waals surface area contributed by atoms with Crippen molar-refractivity contribution in [2.45, 2.75) is 32.1 Å². The van der Waals surface area contributed by atoms with Gasteiger partial charge in [0.15, 0.2) is 0 Å². The number of hydrogen-bond donors (Lipinski definition) is 0. The fourth-order valence-corrected chi connectivity index (χ4v) is 1.44. The Morgan fingerprint density at radius 2 is 2.22 bits per heavy atom. The van der Waals surface area contributed by atoms with Crippen LogP contribution in [0, 0.1) is 0 Å². The molecule has 1 saturated heterocycles. The highest BCUT2D eigenvalue weighted by Crippen LogP contribution is 2.19. The van der Waals surface area contributed by atoms with E-state index in [9.17, 15) is 0 Å². The standard InChI is InChI=1S/C7H16BN/c1-6(2)9-4-3-7(8)5-9/h6-7H,3-5,8H2,1-2H3/t7-/m0/s1. The SMILES string of the molecule is B[C@H]1CCN(C(C)C)C1. The lowest BCUT2D eigenvalue weighted by atomic mass is 9.87. The first-order valence-electron chi connectivity index (χ1n) is 3.94. The Bertz CT molecular complexity index is 92.9. The van der Waals surface area contributed by atoms with Gasteiger partial charge in [0, 0.05) is 6.04 Å². The molecule has 1 fully saturated rings. The van der Waals surface area contributed by atoms with Crippen LogP contribution in [-0.4, -0.2) is 31.9 Å². The monoisotopic (exact) mass is 125 g/mol. The van der Waals surface area contributed by atoms with Crippen molar-refractivity contribution in [1.29, 1.82) is 0 Å². The van der Waals surface area contributed by atoms with Gasteiger partial charge >= 0.3 is 0 Å². The molecule has 0 aromatic rings. The summed E-state index contributed by atoms with van der Waals surface area (Å²) < 4.78 is 0. The summed E-state index contributed by atoms with van der Waals surface area (Å²) in [6.45, 7) is 7.19. The zero-order chi connectivity index (χ0) is 6.85. The molecular formula is C7H16BN. The molecule has 0 saturated carbocycles. The largest absolute Gasteiger partial charge is 0.301 e. The first-order chi connectivity index (χ1) is 4.20. The molecule has 1 aliphatic heterocycles. The van der Waals surface area contributed by atoms with E-state index in [1.54, 1.807) is 0 Å². The summed E-state index contributed by atoms with van der Waals surface area (Å²) >= 11 is 0. The molecule has 0 N–H and O–H groups in total. The molecule has 1 nitrogen and oxygen atoms in total. The second-order valence-electron chi connectivity index (χ2n) is 3.48. The van der Waals surface area contributed by atoms with E-state index in [2.05, 4.69) is 26.6 Å². The van der Waals surface area contributed by atoms with Gasteiger partial charge in [0.05, 0.1) is 0 Å². The molecule has 0 aromatic heterocycles. The molecule has 52 valence electrons. The first-order valence-corrected chi connectivity index (χ1v) is 3.94. The third-order valence-electron chi connectivity index (χ3n) is 2.19. The van der Waals surface area contributed by atoms with Crippen LogP contribution in [-0.2, 0) is 0 Å². The Morgan fingerprint density at radius 1 is 1.56 bits per heavy atom. The van der Waals surface area contributed by atoms with E-state index >= 15 is 0 Å². The van der Waals surface area contributed by atoms with Crippen LogP contribution in [0.2, 0.25) is 5.82 Å². The fourth-order valence-electron chi connectivity index (χ4n) is 1.44. The predicted molar refractivity (Wildman–Crippen MR) is 43.6 cm³/mol. The maximum absolute atomic E-state index is 2.55. The van der Waals surface area contributed by atoms with Crippen molar-refractivity contribution in [3.05, 3.63) is 0 Å². The van der Waals surface area contributed by atoms with E-state index in [1.165, 1.54) is 19.5 Å². The van der Waals surface area contributed by atoms with E-state index in [1.807, 2.05) is 0 Å². The summed E-state index contributed by atoms with van der Waals surface area (Å²) in [5, 5.41) is 0. The van der Waals surface area contributed by atoms with Crippen LogP contribution in [0.1, 0.15) is 20.3 Å². The quantitative estimate of drug-likeness (QED) is 0.462. The maximum Gasteiger partial charge on any atom is 0.107 e. The normalized spacial score (nSPS) is 29.9. The average Bonchev–Trinajstić information content (AvgIpc) is 2.14. The highest BCUT2D eigenvalue weighted by molar-refractivity contribution is 6.11. The summed E-state index contributed by atoms with van der Waals surface area (Å²) in [7, 11) is 2.34. The third kappa shape index (κ3) is 1.72. The van der Waals surface area contributed by atoms with Crippen LogP contribution in [0.25, 0.3) is 0 Å². The molecule has 0 unspecified atom stereocenters. The van der Waals surface area contributed by atoms with Crippen LogP contribution in [0.15, 0.2) is 0 Å². The highest BCUT2D eigenvalue weighted by atomic mass is 15.2. The van der Waals surface area contributed by atoms with Crippen LogP contribution in [0.4, 0.5) is 0 Å². The van der Waals surface area contributed by atoms with Gasteiger partial charge in [-0.05, 0) is 33.4 Å². The highest BCUT2D eigenvalue weighted by Gasteiger charge is 2.19. The fraction of sp³-hybridized carbons (Fsp3) is 1.00. The Kier molecular flexibility index (Phi) is 2.17. The van der Waals surface area contributed by atoms with Crippen molar-refractivity contribution in [3.63, 3.8) is 0 Å². The van der Waals surface area contributed by atoms with Crippen LogP contribution >= 0.6 is 0 Å². The molecule has 0 aliphatic carbocycles. The van der Waals surface area contributed by atoms with Gasteiger partial charge in [-0.1, -0.05) is 5.82 Å². The molecular weight excluding hydrogens is 109 g/mol. The molecule has 1 rings (SSSR count). The molecule has 9 heavy (non-hydrogen) atoms. The lowest BCUT2D eigenvalue weighted by Gasteiger charge is -2.19. The molecule has 0 spiro atoms. The van der Waals surface area contributed by atoms with E-state index < -0.39 is 0 Å². The lowest BCUT2D eigenvalue weighted by molar-refractivity contribution is 0.276. The van der Waals surface area contributed by atoms with Crippen molar-refractivity contribution in [2.75, 3.05) is 13.1 Å². The Morgan fingerprint density at radius 3 is 2.44 bits per heavy atom. The smallest absolute Gasteiger partial charge is 0.107 e. The first kappa shape index (κ1) is 7.14.